The molecule has 3 aromatic carbocycles. The lowest BCUT2D eigenvalue weighted by molar-refractivity contribution is 0.829. The molecule has 4 N–H and O–H groups in total. The fraction of sp³-hybridized carbons (Fsp3) is 0.161. The van der Waals surface area contributed by atoms with Crippen molar-refractivity contribution in [2.75, 3.05) is 21.5 Å². The summed E-state index contributed by atoms with van der Waals surface area (Å²) >= 11 is 0. The maximum Gasteiger partial charge on any atom is 0.273 e. The van der Waals surface area contributed by atoms with Crippen molar-refractivity contribution in [1.82, 2.24) is 24.5 Å². The predicted molar refractivity (Wildman–Crippen MR) is 165 cm³/mol. The number of nitriles is 1. The van der Waals surface area contributed by atoms with E-state index in [0.717, 1.165) is 33.6 Å². The van der Waals surface area contributed by atoms with Gasteiger partial charge >= 0.3 is 0 Å². The smallest absolute Gasteiger partial charge is 0.273 e. The second kappa shape index (κ2) is 11.8. The summed E-state index contributed by atoms with van der Waals surface area (Å²) in [5.41, 5.74) is 12.3. The SMILES string of the molecule is Cc1ccc(Nc2nc(NNc3nc(-c4ccccc4)c(C#N)c(=O)n3C)nc(Nc3ccc(C)cc3C)n2)c(C)c1. The Morgan fingerprint density at radius 2 is 1.26 bits per heavy atom. The van der Waals surface area contributed by atoms with Gasteiger partial charge in [-0.2, -0.15) is 20.2 Å². The average molecular weight is 559 g/mol. The summed E-state index contributed by atoms with van der Waals surface area (Å²) in [4.78, 5) is 31.3. The van der Waals surface area contributed by atoms with Crippen LogP contribution >= 0.6 is 0 Å². The fourth-order valence-electron chi connectivity index (χ4n) is 4.42. The molecule has 0 aliphatic heterocycles. The summed E-state index contributed by atoms with van der Waals surface area (Å²) in [5.74, 6) is 0.954. The van der Waals surface area contributed by atoms with E-state index in [9.17, 15) is 10.1 Å². The van der Waals surface area contributed by atoms with Gasteiger partial charge in [0.1, 0.15) is 11.6 Å². The highest BCUT2D eigenvalue weighted by atomic mass is 16.1. The lowest BCUT2D eigenvalue weighted by Crippen LogP contribution is -2.27. The molecule has 0 unspecified atom stereocenters. The summed E-state index contributed by atoms with van der Waals surface area (Å²) in [6.07, 6.45) is 0. The topological polar surface area (TPSA) is 145 Å². The lowest BCUT2D eigenvalue weighted by atomic mass is 10.1. The van der Waals surface area contributed by atoms with Crippen LogP contribution in [0, 0.1) is 39.0 Å². The summed E-state index contributed by atoms with van der Waals surface area (Å²) in [6, 6.07) is 23.2. The van der Waals surface area contributed by atoms with Gasteiger partial charge < -0.3 is 10.6 Å². The van der Waals surface area contributed by atoms with Crippen molar-refractivity contribution >= 4 is 35.2 Å². The zero-order chi connectivity index (χ0) is 29.8. The zero-order valence-corrected chi connectivity index (χ0v) is 23.9. The van der Waals surface area contributed by atoms with Gasteiger partial charge in [0.15, 0.2) is 0 Å². The number of hydrazine groups is 1. The molecule has 0 bridgehead atoms. The van der Waals surface area contributed by atoms with Gasteiger partial charge in [0.05, 0.1) is 5.69 Å². The molecule has 5 aromatic rings. The molecular weight excluding hydrogens is 528 g/mol. The van der Waals surface area contributed by atoms with Crippen molar-refractivity contribution < 1.29 is 0 Å². The van der Waals surface area contributed by atoms with Crippen LogP contribution in [0.15, 0.2) is 71.5 Å². The second-order valence-electron chi connectivity index (χ2n) is 9.94. The molecule has 2 aromatic heterocycles. The monoisotopic (exact) mass is 558 g/mol. The Hall–Kier alpha value is -5.76. The zero-order valence-electron chi connectivity index (χ0n) is 23.9. The van der Waals surface area contributed by atoms with Crippen molar-refractivity contribution in [2.45, 2.75) is 27.7 Å². The molecule has 2 heterocycles. The lowest BCUT2D eigenvalue weighted by Gasteiger charge is -2.16. The Morgan fingerprint density at radius 1 is 0.714 bits per heavy atom. The van der Waals surface area contributed by atoms with Crippen LogP contribution in [0.2, 0.25) is 0 Å². The quantitative estimate of drug-likeness (QED) is 0.176. The van der Waals surface area contributed by atoms with Crippen LogP contribution in [0.1, 0.15) is 27.8 Å². The van der Waals surface area contributed by atoms with Gasteiger partial charge in [-0.1, -0.05) is 65.7 Å². The normalized spacial score (nSPS) is 10.6. The molecule has 0 spiro atoms. The highest BCUT2D eigenvalue weighted by Gasteiger charge is 2.17. The van der Waals surface area contributed by atoms with Gasteiger partial charge in [0, 0.05) is 24.0 Å². The molecule has 0 saturated heterocycles. The number of nitrogens with one attached hydrogen (secondary N) is 4. The van der Waals surface area contributed by atoms with Crippen LogP contribution in [0.3, 0.4) is 0 Å². The van der Waals surface area contributed by atoms with E-state index in [0.29, 0.717) is 17.5 Å². The maximum atomic E-state index is 13.0. The van der Waals surface area contributed by atoms with Gasteiger partial charge in [-0.05, 0) is 51.0 Å². The fourth-order valence-corrected chi connectivity index (χ4v) is 4.42. The van der Waals surface area contributed by atoms with E-state index in [2.05, 4.69) is 53.6 Å². The minimum atomic E-state index is -0.485. The molecule has 5 rings (SSSR count). The summed E-state index contributed by atoms with van der Waals surface area (Å²) < 4.78 is 1.25. The summed E-state index contributed by atoms with van der Waals surface area (Å²) in [6.45, 7) is 8.08. The molecule has 0 aliphatic rings. The largest absolute Gasteiger partial charge is 0.324 e. The predicted octanol–water partition coefficient (Wildman–Crippen LogP) is 5.66. The molecular formula is C31H30N10O. The third kappa shape index (κ3) is 6.03. The number of hydrogen-bond acceptors (Lipinski definition) is 10. The Kier molecular flexibility index (Phi) is 7.79. The van der Waals surface area contributed by atoms with E-state index in [1.807, 2.05) is 76.2 Å². The standard InChI is InChI=1S/C31H30N10O/c1-18-11-13-24(20(3)15-18)33-28-36-29(34-25-14-12-19(2)16-21(25)4)38-30(37-28)39-40-31-35-26(22-9-7-6-8-10-22)23(17-32)27(42)41(31)5/h6-16H,1-5H3,(H,35,40)(H3,33,34,36,37,38,39). The van der Waals surface area contributed by atoms with E-state index < -0.39 is 5.56 Å². The minimum Gasteiger partial charge on any atom is -0.324 e. The number of rotatable bonds is 8. The minimum absolute atomic E-state index is 0.0469. The molecule has 42 heavy (non-hydrogen) atoms. The third-order valence-corrected chi connectivity index (χ3v) is 6.63. The van der Waals surface area contributed by atoms with E-state index in [1.54, 1.807) is 12.1 Å². The van der Waals surface area contributed by atoms with Crippen molar-refractivity contribution in [2.24, 2.45) is 7.05 Å². The number of aryl methyl sites for hydroxylation is 4. The third-order valence-electron chi connectivity index (χ3n) is 6.63. The van der Waals surface area contributed by atoms with Crippen LogP contribution in [0.4, 0.5) is 35.2 Å². The first-order valence-corrected chi connectivity index (χ1v) is 13.2. The molecule has 0 saturated carbocycles. The Balaban J connectivity index is 1.50. The second-order valence-corrected chi connectivity index (χ2v) is 9.94. The van der Waals surface area contributed by atoms with Gasteiger partial charge in [-0.15, -0.1) is 0 Å². The molecule has 11 nitrogen and oxygen atoms in total. The first kappa shape index (κ1) is 27.8. The van der Waals surface area contributed by atoms with E-state index in [1.165, 1.54) is 11.6 Å². The number of nitrogens with zero attached hydrogens (tertiary/aromatic N) is 6. The van der Waals surface area contributed by atoms with Gasteiger partial charge in [0.2, 0.25) is 23.8 Å². The van der Waals surface area contributed by atoms with Gasteiger partial charge in [-0.25, -0.2) is 4.98 Å². The molecule has 0 aliphatic carbocycles. The van der Waals surface area contributed by atoms with Crippen LogP contribution in [-0.2, 0) is 7.05 Å². The summed E-state index contributed by atoms with van der Waals surface area (Å²) in [7, 11) is 1.53. The highest BCUT2D eigenvalue weighted by Crippen LogP contribution is 2.24. The van der Waals surface area contributed by atoms with Crippen molar-refractivity contribution in [1.29, 1.82) is 5.26 Å². The number of hydrogen-bond donors (Lipinski definition) is 4. The van der Waals surface area contributed by atoms with E-state index >= 15 is 0 Å². The molecule has 0 amide bonds. The molecule has 0 fully saturated rings. The number of anilines is 6. The van der Waals surface area contributed by atoms with Gasteiger partial charge in [0.25, 0.3) is 5.56 Å². The van der Waals surface area contributed by atoms with Crippen LogP contribution in [0.5, 0.6) is 0 Å². The van der Waals surface area contributed by atoms with Crippen molar-refractivity contribution in [3.05, 3.63) is 105 Å². The molecule has 210 valence electrons. The number of aromatic nitrogens is 5. The van der Waals surface area contributed by atoms with E-state index in [4.69, 9.17) is 0 Å². The van der Waals surface area contributed by atoms with Crippen LogP contribution in [-0.4, -0.2) is 24.5 Å². The first-order chi connectivity index (χ1) is 20.2. The van der Waals surface area contributed by atoms with E-state index in [-0.39, 0.29) is 23.2 Å². The maximum absolute atomic E-state index is 13.0. The first-order valence-electron chi connectivity index (χ1n) is 13.2. The Labute approximate surface area is 243 Å². The van der Waals surface area contributed by atoms with Crippen molar-refractivity contribution in [3.8, 4) is 17.3 Å². The Morgan fingerprint density at radius 3 is 1.79 bits per heavy atom. The average Bonchev–Trinajstić information content (AvgIpc) is 2.97. The molecule has 11 heteroatoms. The molecule has 0 atom stereocenters. The highest BCUT2D eigenvalue weighted by molar-refractivity contribution is 5.68. The van der Waals surface area contributed by atoms with Gasteiger partial charge in [-0.3, -0.25) is 20.2 Å². The van der Waals surface area contributed by atoms with Crippen LogP contribution in [0.25, 0.3) is 11.3 Å². The van der Waals surface area contributed by atoms with Crippen LogP contribution < -0.4 is 27.0 Å². The Bertz CT molecular complexity index is 1800. The van der Waals surface area contributed by atoms with Crippen molar-refractivity contribution in [3.63, 3.8) is 0 Å². The molecule has 0 radical (unpaired) electrons. The summed E-state index contributed by atoms with van der Waals surface area (Å²) in [5, 5.41) is 16.2. The number of benzene rings is 3.